The van der Waals surface area contributed by atoms with Crippen molar-refractivity contribution in [2.75, 3.05) is 18.2 Å². The molecule has 5 nitrogen and oxygen atoms in total. The van der Waals surface area contributed by atoms with Crippen molar-refractivity contribution >= 4 is 11.6 Å². The Balaban J connectivity index is 1.81. The molecule has 0 saturated heterocycles. The molecule has 5 heteroatoms. The second-order valence-electron chi connectivity index (χ2n) is 5.38. The van der Waals surface area contributed by atoms with E-state index in [2.05, 4.69) is 15.3 Å². The maximum absolute atomic E-state index is 6.00. The maximum Gasteiger partial charge on any atom is 0.136 e. The number of nitrogen functional groups attached to an aromatic ring is 1. The molecule has 1 fully saturated rings. The molecule has 0 unspecified atom stereocenters. The molecule has 0 radical (unpaired) electrons. The number of rotatable bonds is 5. The van der Waals surface area contributed by atoms with E-state index in [1.807, 2.05) is 31.2 Å². The summed E-state index contributed by atoms with van der Waals surface area (Å²) in [6, 6.07) is 7.94. The van der Waals surface area contributed by atoms with E-state index in [9.17, 15) is 0 Å². The summed E-state index contributed by atoms with van der Waals surface area (Å²) in [5.41, 5.74) is 7.98. The first-order valence-corrected chi connectivity index (χ1v) is 7.19. The van der Waals surface area contributed by atoms with Crippen LogP contribution in [0.5, 0.6) is 5.75 Å². The zero-order valence-electron chi connectivity index (χ0n) is 12.4. The van der Waals surface area contributed by atoms with Gasteiger partial charge in [0, 0.05) is 23.6 Å². The number of nitrogens with one attached hydrogen (secondary N) is 1. The van der Waals surface area contributed by atoms with Crippen LogP contribution in [0.15, 0.2) is 24.3 Å². The highest BCUT2D eigenvalue weighted by Gasteiger charge is 2.27. The topological polar surface area (TPSA) is 73.1 Å². The Morgan fingerprint density at radius 2 is 2.05 bits per heavy atom. The number of para-hydroxylation sites is 1. The lowest BCUT2D eigenvalue weighted by atomic mass is 10.2. The molecule has 3 rings (SSSR count). The maximum atomic E-state index is 6.00. The van der Waals surface area contributed by atoms with Crippen LogP contribution in [0.3, 0.4) is 0 Å². The fourth-order valence-electron chi connectivity index (χ4n) is 2.28. The monoisotopic (exact) mass is 284 g/mol. The molecule has 3 N–H and O–H groups in total. The van der Waals surface area contributed by atoms with Crippen LogP contribution in [0.25, 0.3) is 0 Å². The van der Waals surface area contributed by atoms with E-state index < -0.39 is 0 Å². The van der Waals surface area contributed by atoms with Crippen LogP contribution in [0.4, 0.5) is 11.6 Å². The predicted octanol–water partition coefficient (Wildman–Crippen LogP) is 2.87. The van der Waals surface area contributed by atoms with Crippen molar-refractivity contribution < 1.29 is 4.74 Å². The summed E-state index contributed by atoms with van der Waals surface area (Å²) in [6.45, 7) is 2.59. The molecule has 110 valence electrons. The summed E-state index contributed by atoms with van der Waals surface area (Å²) in [7, 11) is 1.68. The average Bonchev–Trinajstić information content (AvgIpc) is 3.33. The van der Waals surface area contributed by atoms with Crippen molar-refractivity contribution in [1.82, 2.24) is 9.97 Å². The highest BCUT2D eigenvalue weighted by molar-refractivity contribution is 5.55. The molecule has 1 saturated carbocycles. The fourth-order valence-corrected chi connectivity index (χ4v) is 2.28. The highest BCUT2D eigenvalue weighted by Crippen LogP contribution is 2.39. The SMILES string of the molecule is COc1ccccc1CNc1nc(C2CC2)nc(N)c1C. The molecule has 0 amide bonds. The Morgan fingerprint density at radius 1 is 1.29 bits per heavy atom. The van der Waals surface area contributed by atoms with E-state index in [4.69, 9.17) is 10.5 Å². The Labute approximate surface area is 124 Å². The van der Waals surface area contributed by atoms with Gasteiger partial charge in [-0.2, -0.15) is 0 Å². The summed E-state index contributed by atoms with van der Waals surface area (Å²) in [5, 5.41) is 3.36. The van der Waals surface area contributed by atoms with Crippen LogP contribution >= 0.6 is 0 Å². The number of nitrogens with zero attached hydrogens (tertiary/aromatic N) is 2. The quantitative estimate of drug-likeness (QED) is 0.883. The van der Waals surface area contributed by atoms with Gasteiger partial charge < -0.3 is 15.8 Å². The number of hydrogen-bond acceptors (Lipinski definition) is 5. The van der Waals surface area contributed by atoms with Crippen molar-refractivity contribution in [2.45, 2.75) is 32.2 Å². The molecular weight excluding hydrogens is 264 g/mol. The molecule has 2 aromatic rings. The first-order chi connectivity index (χ1) is 10.2. The van der Waals surface area contributed by atoms with Crippen LogP contribution in [-0.4, -0.2) is 17.1 Å². The van der Waals surface area contributed by atoms with Gasteiger partial charge in [-0.25, -0.2) is 9.97 Å². The van der Waals surface area contributed by atoms with E-state index in [0.29, 0.717) is 18.3 Å². The summed E-state index contributed by atoms with van der Waals surface area (Å²) in [4.78, 5) is 9.01. The first kappa shape index (κ1) is 13.7. The third kappa shape index (κ3) is 2.91. The second-order valence-corrected chi connectivity index (χ2v) is 5.38. The normalized spacial score (nSPS) is 14.0. The lowest BCUT2D eigenvalue weighted by Crippen LogP contribution is -2.09. The third-order valence-corrected chi connectivity index (χ3v) is 3.78. The number of methoxy groups -OCH3 is 1. The third-order valence-electron chi connectivity index (χ3n) is 3.78. The molecular formula is C16H20N4O. The van der Waals surface area contributed by atoms with Crippen LogP contribution in [0.1, 0.15) is 35.7 Å². The summed E-state index contributed by atoms with van der Waals surface area (Å²) < 4.78 is 5.36. The lowest BCUT2D eigenvalue weighted by molar-refractivity contribution is 0.410. The zero-order valence-corrected chi connectivity index (χ0v) is 12.4. The summed E-state index contributed by atoms with van der Waals surface area (Å²) >= 11 is 0. The van der Waals surface area contributed by atoms with Gasteiger partial charge in [-0.1, -0.05) is 18.2 Å². The van der Waals surface area contributed by atoms with E-state index in [1.54, 1.807) is 7.11 Å². The van der Waals surface area contributed by atoms with Gasteiger partial charge in [-0.15, -0.1) is 0 Å². The highest BCUT2D eigenvalue weighted by atomic mass is 16.5. The van der Waals surface area contributed by atoms with Gasteiger partial charge in [0.1, 0.15) is 23.2 Å². The van der Waals surface area contributed by atoms with Crippen LogP contribution in [0.2, 0.25) is 0 Å². The van der Waals surface area contributed by atoms with Crippen molar-refractivity contribution in [3.63, 3.8) is 0 Å². The summed E-state index contributed by atoms with van der Waals surface area (Å²) in [5.74, 6) is 3.59. The van der Waals surface area contributed by atoms with E-state index >= 15 is 0 Å². The van der Waals surface area contributed by atoms with Gasteiger partial charge in [0.2, 0.25) is 0 Å². The first-order valence-electron chi connectivity index (χ1n) is 7.19. The number of anilines is 2. The number of benzene rings is 1. The number of aromatic nitrogens is 2. The van der Waals surface area contributed by atoms with Crippen molar-refractivity contribution in [1.29, 1.82) is 0 Å². The van der Waals surface area contributed by atoms with E-state index in [0.717, 1.165) is 41.4 Å². The molecule has 1 heterocycles. The van der Waals surface area contributed by atoms with Gasteiger partial charge >= 0.3 is 0 Å². The minimum atomic E-state index is 0.486. The molecule has 0 aliphatic heterocycles. The van der Waals surface area contributed by atoms with Gasteiger partial charge in [0.15, 0.2) is 0 Å². The summed E-state index contributed by atoms with van der Waals surface area (Å²) in [6.07, 6.45) is 2.32. The largest absolute Gasteiger partial charge is 0.496 e. The molecule has 1 aliphatic rings. The molecule has 1 aromatic carbocycles. The van der Waals surface area contributed by atoms with Gasteiger partial charge in [-0.3, -0.25) is 0 Å². The molecule has 0 bridgehead atoms. The van der Waals surface area contributed by atoms with Gasteiger partial charge in [0.05, 0.1) is 7.11 Å². The number of ether oxygens (including phenoxy) is 1. The van der Waals surface area contributed by atoms with E-state index in [-0.39, 0.29) is 0 Å². The van der Waals surface area contributed by atoms with Crippen LogP contribution in [-0.2, 0) is 6.54 Å². The van der Waals surface area contributed by atoms with E-state index in [1.165, 1.54) is 0 Å². The predicted molar refractivity (Wildman–Crippen MR) is 83.5 cm³/mol. The Morgan fingerprint density at radius 3 is 2.76 bits per heavy atom. The van der Waals surface area contributed by atoms with Crippen molar-refractivity contribution in [3.05, 3.63) is 41.2 Å². The molecule has 0 atom stereocenters. The standard InChI is InChI=1S/C16H20N4O/c1-10-14(17)19-16(11-7-8-11)20-15(10)18-9-12-5-3-4-6-13(12)21-2/h3-6,11H,7-9H2,1-2H3,(H3,17,18,19,20). The Kier molecular flexibility index (Phi) is 3.64. The molecule has 0 spiro atoms. The minimum absolute atomic E-state index is 0.486. The molecule has 1 aliphatic carbocycles. The fraction of sp³-hybridized carbons (Fsp3) is 0.375. The Hall–Kier alpha value is -2.30. The van der Waals surface area contributed by atoms with Crippen LogP contribution in [0, 0.1) is 6.92 Å². The van der Waals surface area contributed by atoms with Crippen molar-refractivity contribution in [3.8, 4) is 5.75 Å². The lowest BCUT2D eigenvalue weighted by Gasteiger charge is -2.13. The van der Waals surface area contributed by atoms with Gasteiger partial charge in [-0.05, 0) is 25.8 Å². The minimum Gasteiger partial charge on any atom is -0.496 e. The van der Waals surface area contributed by atoms with Gasteiger partial charge in [0.25, 0.3) is 0 Å². The number of nitrogens with two attached hydrogens (primary N) is 1. The molecule has 1 aromatic heterocycles. The van der Waals surface area contributed by atoms with Crippen molar-refractivity contribution in [2.24, 2.45) is 0 Å². The zero-order chi connectivity index (χ0) is 14.8. The molecule has 21 heavy (non-hydrogen) atoms. The Bertz CT molecular complexity index is 653. The second kappa shape index (κ2) is 5.60. The number of hydrogen-bond donors (Lipinski definition) is 2. The van der Waals surface area contributed by atoms with Crippen LogP contribution < -0.4 is 15.8 Å². The smallest absolute Gasteiger partial charge is 0.136 e. The average molecular weight is 284 g/mol.